The van der Waals surface area contributed by atoms with Crippen LogP contribution in [0.4, 0.5) is 11.4 Å². The van der Waals surface area contributed by atoms with Gasteiger partial charge < -0.3 is 9.47 Å². The first-order valence-corrected chi connectivity index (χ1v) is 15.4. The molecule has 0 spiro atoms. The number of fused-ring (bicyclic) bond motifs is 5. The number of hydrogen-bond acceptors (Lipinski definition) is 9. The van der Waals surface area contributed by atoms with Crippen LogP contribution < -0.4 is 9.64 Å². The molecule has 2 amide bonds. The number of amides is 2. The number of ketones is 1. The summed E-state index contributed by atoms with van der Waals surface area (Å²) in [4.78, 5) is 76.6. The molecule has 0 radical (unpaired) electrons. The third kappa shape index (κ3) is 5.13. The fraction of sp³-hybridized carbons (Fsp3) is 0.258. The molecule has 1 aliphatic heterocycles. The molecule has 2 bridgehead atoms. The smallest absolute Gasteiger partial charge is 0.343 e. The highest BCUT2D eigenvalue weighted by Crippen LogP contribution is 2.60. The molecule has 6 unspecified atom stereocenters. The molecule has 2 saturated carbocycles. The first-order valence-electron chi connectivity index (χ1n) is 13.6. The van der Waals surface area contributed by atoms with Gasteiger partial charge in [0.05, 0.1) is 33.6 Å². The Morgan fingerprint density at radius 2 is 1.39 bits per heavy atom. The van der Waals surface area contributed by atoms with E-state index in [9.17, 15) is 34.1 Å². The maximum absolute atomic E-state index is 13.5. The van der Waals surface area contributed by atoms with E-state index in [1.54, 1.807) is 12.1 Å². The molecule has 224 valence electrons. The number of para-hydroxylation sites is 1. The molecule has 6 rings (SSSR count). The second-order valence-corrected chi connectivity index (χ2v) is 12.9. The van der Waals surface area contributed by atoms with E-state index in [0.29, 0.717) is 0 Å². The Balaban J connectivity index is 1.09. The zero-order valence-electron chi connectivity index (χ0n) is 22.6. The Bertz CT molecular complexity index is 1680. The van der Waals surface area contributed by atoms with E-state index in [-0.39, 0.29) is 67.1 Å². The zero-order valence-corrected chi connectivity index (χ0v) is 25.8. The van der Waals surface area contributed by atoms with Crippen LogP contribution in [0.15, 0.2) is 72.8 Å². The van der Waals surface area contributed by atoms with Crippen molar-refractivity contribution < 1.29 is 38.4 Å². The van der Waals surface area contributed by atoms with E-state index in [1.165, 1.54) is 60.7 Å². The van der Waals surface area contributed by atoms with Crippen LogP contribution in [0.25, 0.3) is 0 Å². The molecule has 3 aliphatic rings. The van der Waals surface area contributed by atoms with Crippen molar-refractivity contribution in [3.05, 3.63) is 99.6 Å². The number of nitrogens with zero attached hydrogens (tertiary/aromatic N) is 2. The normalized spacial score (nSPS) is 25.1. The Kier molecular flexibility index (Phi) is 7.93. The Morgan fingerprint density at radius 3 is 1.98 bits per heavy atom. The molecule has 1 heterocycles. The van der Waals surface area contributed by atoms with Gasteiger partial charge in [-0.25, -0.2) is 14.5 Å². The van der Waals surface area contributed by atoms with Gasteiger partial charge in [0.2, 0.25) is 11.8 Å². The van der Waals surface area contributed by atoms with Crippen molar-refractivity contribution in [1.82, 2.24) is 0 Å². The highest BCUT2D eigenvalue weighted by atomic mass is 79.9. The Hall–Kier alpha value is -4.23. The highest BCUT2D eigenvalue weighted by Gasteiger charge is 2.66. The predicted octanol–water partition coefficient (Wildman–Crippen LogP) is 5.14. The number of imide groups is 1. The van der Waals surface area contributed by atoms with E-state index in [2.05, 4.69) is 31.9 Å². The number of carbonyl (C=O) groups excluding carboxylic acids is 5. The number of benzene rings is 3. The monoisotopic (exact) mass is 724 g/mol. The van der Waals surface area contributed by atoms with Gasteiger partial charge >= 0.3 is 11.9 Å². The third-order valence-electron chi connectivity index (χ3n) is 8.39. The van der Waals surface area contributed by atoms with E-state index >= 15 is 0 Å². The van der Waals surface area contributed by atoms with E-state index in [4.69, 9.17) is 9.47 Å². The summed E-state index contributed by atoms with van der Waals surface area (Å²) < 4.78 is 10.5. The first kappa shape index (κ1) is 29.8. The lowest BCUT2D eigenvalue weighted by atomic mass is 9.81. The summed E-state index contributed by atoms with van der Waals surface area (Å²) in [5, 5.41) is 10.8. The number of hydrogen-bond donors (Lipinski definition) is 0. The summed E-state index contributed by atoms with van der Waals surface area (Å²) in [7, 11) is 0. The summed E-state index contributed by atoms with van der Waals surface area (Å²) >= 11 is 7.33. The summed E-state index contributed by atoms with van der Waals surface area (Å²) in [5.41, 5.74) is 0.249. The number of nitro benzene ring substituents is 1. The molecule has 11 nitrogen and oxygen atoms in total. The maximum Gasteiger partial charge on any atom is 0.343 e. The van der Waals surface area contributed by atoms with Crippen LogP contribution in [0.1, 0.15) is 37.5 Å². The third-order valence-corrected chi connectivity index (χ3v) is 11.6. The average Bonchev–Trinajstić information content (AvgIpc) is 3.64. The zero-order chi connectivity index (χ0) is 31.3. The summed E-state index contributed by atoms with van der Waals surface area (Å²) in [5.74, 6) is -3.53. The van der Waals surface area contributed by atoms with Crippen molar-refractivity contribution >= 4 is 72.8 Å². The highest BCUT2D eigenvalue weighted by molar-refractivity contribution is 9.12. The van der Waals surface area contributed by atoms with Gasteiger partial charge in [0, 0.05) is 27.4 Å². The topological polar surface area (TPSA) is 150 Å². The lowest BCUT2D eigenvalue weighted by molar-refractivity contribution is -0.384. The number of carbonyl (C=O) groups is 5. The molecule has 2 aliphatic carbocycles. The standard InChI is InChI=1S/C31H22Br2N2O9/c32-26-20-13-21(27(26)33)25-24(20)28(37)34(29(25)38)22-4-2-1-3-19(22)31(40)43-14-23(36)15-7-11-18(12-8-15)44-30(39)16-5-9-17(10-6-16)35(41)42/h1-12,20-21,24-27H,13-14H2. The molecule has 1 saturated heterocycles. The Morgan fingerprint density at radius 1 is 0.818 bits per heavy atom. The van der Waals surface area contributed by atoms with Crippen molar-refractivity contribution in [1.29, 1.82) is 0 Å². The van der Waals surface area contributed by atoms with Crippen LogP contribution in [0.5, 0.6) is 5.75 Å². The summed E-state index contributed by atoms with van der Waals surface area (Å²) in [6, 6.07) is 16.6. The fourth-order valence-electron chi connectivity index (χ4n) is 6.31. The van der Waals surface area contributed by atoms with Crippen LogP contribution in [0.2, 0.25) is 0 Å². The number of Topliss-reactive ketones (excluding diaryl/α,β-unsaturated/α-hetero) is 1. The number of non-ortho nitro benzene ring substituents is 1. The van der Waals surface area contributed by atoms with Crippen LogP contribution >= 0.6 is 31.9 Å². The van der Waals surface area contributed by atoms with Gasteiger partial charge in [0.15, 0.2) is 12.4 Å². The van der Waals surface area contributed by atoms with Gasteiger partial charge in [-0.3, -0.25) is 24.5 Å². The number of anilines is 1. The molecule has 6 atom stereocenters. The average molecular weight is 726 g/mol. The predicted molar refractivity (Wildman–Crippen MR) is 162 cm³/mol. The summed E-state index contributed by atoms with van der Waals surface area (Å²) in [6.45, 7) is -0.608. The molecule has 3 aromatic rings. The number of ether oxygens (including phenoxy) is 2. The number of esters is 2. The quantitative estimate of drug-likeness (QED) is 0.0585. The second-order valence-electron chi connectivity index (χ2n) is 10.8. The van der Waals surface area contributed by atoms with Crippen molar-refractivity contribution in [3.8, 4) is 5.75 Å². The van der Waals surface area contributed by atoms with Crippen molar-refractivity contribution in [3.63, 3.8) is 0 Å². The van der Waals surface area contributed by atoms with Crippen molar-refractivity contribution in [2.75, 3.05) is 11.5 Å². The number of halogens is 2. The summed E-state index contributed by atoms with van der Waals surface area (Å²) in [6.07, 6.45) is 0.779. The number of rotatable bonds is 8. The minimum atomic E-state index is -0.861. The van der Waals surface area contributed by atoms with Gasteiger partial charge in [-0.2, -0.15) is 0 Å². The SMILES string of the molecule is O=C(COC(=O)c1ccccc1N1C(=O)C2C3CC(C(Br)C3Br)C2C1=O)c1ccc(OC(=O)c2ccc([N+](=O)[O-])cc2)cc1. The van der Waals surface area contributed by atoms with Crippen molar-refractivity contribution in [2.45, 2.75) is 16.1 Å². The van der Waals surface area contributed by atoms with Gasteiger partial charge in [-0.15, -0.1) is 0 Å². The molecular formula is C31H22Br2N2O9. The van der Waals surface area contributed by atoms with Gasteiger partial charge in [0.1, 0.15) is 5.75 Å². The number of nitro groups is 1. The Labute approximate surface area is 266 Å². The van der Waals surface area contributed by atoms with E-state index < -0.39 is 41.1 Å². The lowest BCUT2D eigenvalue weighted by Gasteiger charge is -2.28. The van der Waals surface area contributed by atoms with Gasteiger partial charge in [0.25, 0.3) is 5.69 Å². The lowest BCUT2D eigenvalue weighted by Crippen LogP contribution is -2.37. The van der Waals surface area contributed by atoms with Crippen LogP contribution in [-0.4, -0.2) is 50.7 Å². The van der Waals surface area contributed by atoms with Crippen molar-refractivity contribution in [2.24, 2.45) is 23.7 Å². The first-order chi connectivity index (χ1) is 21.1. The molecular weight excluding hydrogens is 704 g/mol. The van der Waals surface area contributed by atoms with Crippen LogP contribution in [0, 0.1) is 33.8 Å². The largest absolute Gasteiger partial charge is 0.454 e. The van der Waals surface area contributed by atoms with Gasteiger partial charge in [-0.1, -0.05) is 44.0 Å². The van der Waals surface area contributed by atoms with Gasteiger partial charge in [-0.05, 0) is 66.8 Å². The molecule has 0 aromatic heterocycles. The molecule has 3 aromatic carbocycles. The molecule has 3 fully saturated rings. The second kappa shape index (κ2) is 11.7. The van der Waals surface area contributed by atoms with E-state index in [0.717, 1.165) is 11.3 Å². The maximum atomic E-state index is 13.5. The minimum Gasteiger partial charge on any atom is -0.454 e. The van der Waals surface area contributed by atoms with E-state index in [1.807, 2.05) is 0 Å². The molecule has 44 heavy (non-hydrogen) atoms. The number of alkyl halides is 2. The fourth-order valence-corrected chi connectivity index (χ4v) is 8.19. The van der Waals surface area contributed by atoms with Crippen LogP contribution in [0.3, 0.4) is 0 Å². The van der Waals surface area contributed by atoms with Crippen LogP contribution in [-0.2, 0) is 14.3 Å². The molecule has 0 N–H and O–H groups in total. The molecule has 13 heteroatoms. The minimum absolute atomic E-state index is 0.00592.